The maximum Gasteiger partial charge on any atom is 0.229 e. The second kappa shape index (κ2) is 7.90. The van der Waals surface area contributed by atoms with Crippen molar-refractivity contribution in [3.63, 3.8) is 0 Å². The highest BCUT2D eigenvalue weighted by Gasteiger charge is 2.36. The molecular formula is C18H21FN4O2S. The van der Waals surface area contributed by atoms with Crippen LogP contribution in [0.3, 0.4) is 0 Å². The van der Waals surface area contributed by atoms with Gasteiger partial charge in [-0.15, -0.1) is 10.2 Å². The standard InChI is InChI=1S/C18H21FN4O2S/c1-11(2)17-21-22-18(26-17)23-10-13(9-15(23)24)16(25)20-8-7-12-5-3-4-6-14(12)19/h3-6,11,13H,7-10H2,1-2H3,(H,20,25). The molecule has 1 aliphatic rings. The Morgan fingerprint density at radius 2 is 2.15 bits per heavy atom. The van der Waals surface area contributed by atoms with E-state index in [4.69, 9.17) is 0 Å². The Morgan fingerprint density at radius 1 is 1.38 bits per heavy atom. The van der Waals surface area contributed by atoms with Gasteiger partial charge in [0, 0.05) is 25.4 Å². The van der Waals surface area contributed by atoms with E-state index in [0.29, 0.717) is 30.2 Å². The van der Waals surface area contributed by atoms with Gasteiger partial charge in [0.25, 0.3) is 0 Å². The largest absolute Gasteiger partial charge is 0.355 e. The van der Waals surface area contributed by atoms with Gasteiger partial charge in [-0.3, -0.25) is 14.5 Å². The Labute approximate surface area is 155 Å². The van der Waals surface area contributed by atoms with E-state index in [-0.39, 0.29) is 30.0 Å². The van der Waals surface area contributed by atoms with Crippen LogP contribution >= 0.6 is 11.3 Å². The van der Waals surface area contributed by atoms with E-state index < -0.39 is 5.92 Å². The van der Waals surface area contributed by atoms with Gasteiger partial charge in [0.1, 0.15) is 10.8 Å². The van der Waals surface area contributed by atoms with Crippen LogP contribution in [-0.4, -0.2) is 35.1 Å². The number of hydrogen-bond acceptors (Lipinski definition) is 5. The fourth-order valence-corrected chi connectivity index (χ4v) is 3.68. The van der Waals surface area contributed by atoms with Crippen LogP contribution in [0.5, 0.6) is 0 Å². The molecule has 1 fully saturated rings. The Morgan fingerprint density at radius 3 is 2.85 bits per heavy atom. The predicted octanol–water partition coefficient (Wildman–Crippen LogP) is 2.51. The molecule has 0 bridgehead atoms. The summed E-state index contributed by atoms with van der Waals surface area (Å²) >= 11 is 1.38. The summed E-state index contributed by atoms with van der Waals surface area (Å²) in [4.78, 5) is 26.1. The van der Waals surface area contributed by atoms with Gasteiger partial charge in [0.2, 0.25) is 16.9 Å². The number of rotatable bonds is 6. The van der Waals surface area contributed by atoms with Crippen LogP contribution in [0.4, 0.5) is 9.52 Å². The average molecular weight is 376 g/mol. The molecule has 0 aliphatic carbocycles. The molecule has 1 N–H and O–H groups in total. The molecule has 0 saturated carbocycles. The highest BCUT2D eigenvalue weighted by atomic mass is 32.1. The van der Waals surface area contributed by atoms with E-state index in [9.17, 15) is 14.0 Å². The number of halogens is 1. The minimum atomic E-state index is -0.422. The molecule has 2 heterocycles. The van der Waals surface area contributed by atoms with Gasteiger partial charge in [-0.05, 0) is 18.1 Å². The number of carbonyl (C=O) groups is 2. The third-order valence-corrected chi connectivity index (χ3v) is 5.55. The minimum absolute atomic E-state index is 0.120. The van der Waals surface area contributed by atoms with Crippen molar-refractivity contribution in [3.8, 4) is 0 Å². The maximum atomic E-state index is 13.6. The summed E-state index contributed by atoms with van der Waals surface area (Å²) in [7, 11) is 0. The van der Waals surface area contributed by atoms with Crippen LogP contribution in [0, 0.1) is 11.7 Å². The fourth-order valence-electron chi connectivity index (χ4n) is 2.80. The molecule has 26 heavy (non-hydrogen) atoms. The van der Waals surface area contributed by atoms with E-state index >= 15 is 0 Å². The van der Waals surface area contributed by atoms with E-state index in [1.54, 1.807) is 18.2 Å². The molecule has 2 aromatic rings. The highest BCUT2D eigenvalue weighted by Crippen LogP contribution is 2.30. The number of benzene rings is 1. The van der Waals surface area contributed by atoms with Crippen LogP contribution in [0.15, 0.2) is 24.3 Å². The lowest BCUT2D eigenvalue weighted by molar-refractivity contribution is -0.126. The summed E-state index contributed by atoms with van der Waals surface area (Å²) in [6.07, 6.45) is 0.569. The van der Waals surface area contributed by atoms with Gasteiger partial charge in [-0.1, -0.05) is 43.4 Å². The van der Waals surface area contributed by atoms with Crippen LogP contribution < -0.4 is 10.2 Å². The number of nitrogens with one attached hydrogen (secondary N) is 1. The second-order valence-corrected chi connectivity index (χ2v) is 7.60. The molecule has 1 unspecified atom stereocenters. The zero-order valence-electron chi connectivity index (χ0n) is 14.7. The van der Waals surface area contributed by atoms with Crippen molar-refractivity contribution >= 4 is 28.3 Å². The summed E-state index contributed by atoms with van der Waals surface area (Å²) in [6, 6.07) is 6.50. The zero-order valence-corrected chi connectivity index (χ0v) is 15.6. The Kier molecular flexibility index (Phi) is 5.61. The molecule has 1 atom stereocenters. The van der Waals surface area contributed by atoms with E-state index in [2.05, 4.69) is 15.5 Å². The molecule has 8 heteroatoms. The molecular weight excluding hydrogens is 355 g/mol. The second-order valence-electron chi connectivity index (χ2n) is 6.62. The number of aromatic nitrogens is 2. The SMILES string of the molecule is CC(C)c1nnc(N2CC(C(=O)NCCc3ccccc3F)CC2=O)s1. The quantitative estimate of drug-likeness (QED) is 0.841. The van der Waals surface area contributed by atoms with Gasteiger partial charge < -0.3 is 5.32 Å². The first-order valence-corrected chi connectivity index (χ1v) is 9.42. The van der Waals surface area contributed by atoms with E-state index in [0.717, 1.165) is 5.01 Å². The van der Waals surface area contributed by atoms with Crippen molar-refractivity contribution < 1.29 is 14.0 Å². The average Bonchev–Trinajstić information content (AvgIpc) is 3.23. The summed E-state index contributed by atoms with van der Waals surface area (Å²) in [5.74, 6) is -0.761. The van der Waals surface area contributed by atoms with Gasteiger partial charge in [-0.2, -0.15) is 0 Å². The molecule has 3 rings (SSSR count). The van der Waals surface area contributed by atoms with Gasteiger partial charge >= 0.3 is 0 Å². The van der Waals surface area contributed by atoms with Crippen molar-refractivity contribution in [3.05, 3.63) is 40.7 Å². The Hall–Kier alpha value is -2.35. The summed E-state index contributed by atoms with van der Waals surface area (Å²) < 4.78 is 13.6. The van der Waals surface area contributed by atoms with Gasteiger partial charge in [-0.25, -0.2) is 4.39 Å². The predicted molar refractivity (Wildman–Crippen MR) is 97.6 cm³/mol. The van der Waals surface area contributed by atoms with Crippen molar-refractivity contribution in [2.24, 2.45) is 5.92 Å². The number of anilines is 1. The van der Waals surface area contributed by atoms with Crippen LogP contribution in [0.1, 0.15) is 36.8 Å². The van der Waals surface area contributed by atoms with Gasteiger partial charge in [0.05, 0.1) is 5.92 Å². The number of carbonyl (C=O) groups excluding carboxylic acids is 2. The minimum Gasteiger partial charge on any atom is -0.355 e. The van der Waals surface area contributed by atoms with E-state index in [1.807, 2.05) is 13.8 Å². The molecule has 1 aromatic carbocycles. The van der Waals surface area contributed by atoms with Crippen molar-refractivity contribution in [1.82, 2.24) is 15.5 Å². The third-order valence-electron chi connectivity index (χ3n) is 4.30. The summed E-state index contributed by atoms with van der Waals surface area (Å²) in [6.45, 7) is 4.67. The Balaban J connectivity index is 1.54. The number of amides is 2. The zero-order chi connectivity index (χ0) is 18.7. The summed E-state index contributed by atoms with van der Waals surface area (Å²) in [5, 5.41) is 12.4. The lowest BCUT2D eigenvalue weighted by Gasteiger charge is -2.13. The first-order valence-electron chi connectivity index (χ1n) is 8.60. The first-order chi connectivity index (χ1) is 12.5. The van der Waals surface area contributed by atoms with Crippen molar-refractivity contribution in [2.45, 2.75) is 32.6 Å². The van der Waals surface area contributed by atoms with E-state index in [1.165, 1.54) is 22.3 Å². The monoisotopic (exact) mass is 376 g/mol. The van der Waals surface area contributed by atoms with Crippen molar-refractivity contribution in [1.29, 1.82) is 0 Å². The molecule has 138 valence electrons. The summed E-state index contributed by atoms with van der Waals surface area (Å²) in [5.41, 5.74) is 0.562. The molecule has 1 saturated heterocycles. The maximum absolute atomic E-state index is 13.6. The smallest absolute Gasteiger partial charge is 0.229 e. The Bertz CT molecular complexity index is 808. The molecule has 2 amide bonds. The van der Waals surface area contributed by atoms with Gasteiger partial charge in [0.15, 0.2) is 0 Å². The molecule has 0 radical (unpaired) electrons. The highest BCUT2D eigenvalue weighted by molar-refractivity contribution is 7.15. The van der Waals surface area contributed by atoms with Crippen molar-refractivity contribution in [2.75, 3.05) is 18.0 Å². The number of hydrogen-bond donors (Lipinski definition) is 1. The lowest BCUT2D eigenvalue weighted by Crippen LogP contribution is -2.34. The first kappa shape index (κ1) is 18.4. The third kappa shape index (κ3) is 4.07. The molecule has 0 spiro atoms. The topological polar surface area (TPSA) is 75.2 Å². The van der Waals surface area contributed by atoms with Crippen LogP contribution in [0.2, 0.25) is 0 Å². The normalized spacial score (nSPS) is 17.2. The van der Waals surface area contributed by atoms with Crippen LogP contribution in [-0.2, 0) is 16.0 Å². The fraction of sp³-hybridized carbons (Fsp3) is 0.444. The number of nitrogens with zero attached hydrogens (tertiary/aromatic N) is 3. The lowest BCUT2D eigenvalue weighted by atomic mass is 10.1. The molecule has 1 aliphatic heterocycles. The molecule has 6 nitrogen and oxygen atoms in total. The molecule has 1 aromatic heterocycles. The van der Waals surface area contributed by atoms with Crippen LogP contribution in [0.25, 0.3) is 0 Å².